The molecule has 0 spiro atoms. The third-order valence-electron chi connectivity index (χ3n) is 3.39. The van der Waals surface area contributed by atoms with Gasteiger partial charge in [-0.3, -0.25) is 0 Å². The Kier molecular flexibility index (Phi) is 2.94. The Morgan fingerprint density at radius 1 is 1.41 bits per heavy atom. The van der Waals surface area contributed by atoms with Crippen LogP contribution < -0.4 is 5.32 Å². The van der Waals surface area contributed by atoms with Crippen molar-refractivity contribution in [2.24, 2.45) is 5.92 Å². The number of rotatable bonds is 3. The van der Waals surface area contributed by atoms with Crippen LogP contribution in [0.5, 0.6) is 0 Å². The topological polar surface area (TPSA) is 58.0 Å². The van der Waals surface area contributed by atoms with Crippen LogP contribution in [0.2, 0.25) is 0 Å². The highest BCUT2D eigenvalue weighted by molar-refractivity contribution is 7.17. The maximum atomic E-state index is 9.77. The van der Waals surface area contributed by atoms with Crippen molar-refractivity contribution in [3.05, 3.63) is 17.8 Å². The predicted molar refractivity (Wildman–Crippen MR) is 69.3 cm³/mol. The van der Waals surface area contributed by atoms with Crippen LogP contribution in [0.15, 0.2) is 17.8 Å². The monoisotopic (exact) mass is 249 g/mol. The summed E-state index contributed by atoms with van der Waals surface area (Å²) in [6, 6.07) is 2.00. The summed E-state index contributed by atoms with van der Waals surface area (Å²) >= 11 is 1.65. The molecule has 2 heterocycles. The minimum atomic E-state index is -0.150. The molecule has 2 unspecified atom stereocenters. The highest BCUT2D eigenvalue weighted by Gasteiger charge is 2.25. The van der Waals surface area contributed by atoms with Gasteiger partial charge in [-0.2, -0.15) is 0 Å². The molecule has 0 bridgehead atoms. The normalized spacial score (nSPS) is 24.3. The average Bonchev–Trinajstić information content (AvgIpc) is 2.95. The van der Waals surface area contributed by atoms with Crippen molar-refractivity contribution in [3.8, 4) is 0 Å². The van der Waals surface area contributed by atoms with Crippen LogP contribution in [0.1, 0.15) is 19.3 Å². The second-order valence-electron chi connectivity index (χ2n) is 4.50. The molecule has 1 aliphatic carbocycles. The van der Waals surface area contributed by atoms with Crippen LogP contribution in [0.4, 0.5) is 5.82 Å². The minimum absolute atomic E-state index is 0.150. The van der Waals surface area contributed by atoms with Crippen LogP contribution in [0, 0.1) is 5.92 Å². The van der Waals surface area contributed by atoms with E-state index in [2.05, 4.69) is 15.3 Å². The molecule has 0 amide bonds. The third kappa shape index (κ3) is 2.12. The molecule has 2 N–H and O–H groups in total. The Morgan fingerprint density at radius 3 is 3.18 bits per heavy atom. The van der Waals surface area contributed by atoms with E-state index in [4.69, 9.17) is 0 Å². The van der Waals surface area contributed by atoms with Crippen LogP contribution in [0.25, 0.3) is 10.2 Å². The minimum Gasteiger partial charge on any atom is -0.393 e. The standard InChI is InChI=1S/C12H15N3OS/c16-10-3-1-2-8(10)6-13-12-11-9(4-5-17-11)14-7-15-12/h4-5,7-8,10,16H,1-3,6H2,(H,13,14,15). The van der Waals surface area contributed by atoms with Gasteiger partial charge in [0, 0.05) is 12.5 Å². The fraction of sp³-hybridized carbons (Fsp3) is 0.500. The fourth-order valence-corrected chi connectivity index (χ4v) is 3.21. The Bertz CT molecular complexity index is 513. The van der Waals surface area contributed by atoms with E-state index in [1.807, 2.05) is 11.4 Å². The second-order valence-corrected chi connectivity index (χ2v) is 5.41. The molecule has 0 saturated heterocycles. The van der Waals surface area contributed by atoms with Gasteiger partial charge in [0.2, 0.25) is 0 Å². The van der Waals surface area contributed by atoms with E-state index < -0.39 is 0 Å². The van der Waals surface area contributed by atoms with Crippen LogP contribution >= 0.6 is 11.3 Å². The number of thiophene rings is 1. The number of anilines is 1. The van der Waals surface area contributed by atoms with Gasteiger partial charge in [-0.1, -0.05) is 6.42 Å². The van der Waals surface area contributed by atoms with Crippen molar-refractivity contribution >= 4 is 27.4 Å². The molecule has 17 heavy (non-hydrogen) atoms. The quantitative estimate of drug-likeness (QED) is 0.876. The molecule has 4 nitrogen and oxygen atoms in total. The Morgan fingerprint density at radius 2 is 2.35 bits per heavy atom. The maximum Gasteiger partial charge on any atom is 0.147 e. The Balaban J connectivity index is 1.74. The van der Waals surface area contributed by atoms with E-state index in [0.717, 1.165) is 41.8 Å². The largest absolute Gasteiger partial charge is 0.393 e. The van der Waals surface area contributed by atoms with E-state index in [9.17, 15) is 5.11 Å². The molecule has 5 heteroatoms. The predicted octanol–water partition coefficient (Wildman–Crippen LogP) is 2.26. The van der Waals surface area contributed by atoms with Gasteiger partial charge >= 0.3 is 0 Å². The summed E-state index contributed by atoms with van der Waals surface area (Å²) < 4.78 is 1.10. The summed E-state index contributed by atoms with van der Waals surface area (Å²) in [7, 11) is 0. The van der Waals surface area contributed by atoms with Gasteiger partial charge in [-0.25, -0.2) is 9.97 Å². The number of aliphatic hydroxyl groups excluding tert-OH is 1. The number of hydrogen-bond donors (Lipinski definition) is 2. The zero-order valence-electron chi connectivity index (χ0n) is 9.47. The molecule has 3 rings (SSSR count). The van der Waals surface area contributed by atoms with Crippen molar-refractivity contribution in [2.45, 2.75) is 25.4 Å². The molecule has 1 fully saturated rings. The average molecular weight is 249 g/mol. The number of nitrogens with zero attached hydrogens (tertiary/aromatic N) is 2. The van der Waals surface area contributed by atoms with Crippen LogP contribution in [-0.4, -0.2) is 27.7 Å². The molecule has 0 radical (unpaired) electrons. The van der Waals surface area contributed by atoms with E-state index in [1.54, 1.807) is 17.7 Å². The molecule has 1 saturated carbocycles. The summed E-state index contributed by atoms with van der Waals surface area (Å²) in [5, 5.41) is 15.1. The lowest BCUT2D eigenvalue weighted by atomic mass is 10.1. The van der Waals surface area contributed by atoms with Gasteiger partial charge in [0.15, 0.2) is 0 Å². The Hall–Kier alpha value is -1.20. The molecule has 1 aliphatic rings. The SMILES string of the molecule is OC1CCCC1CNc1ncnc2ccsc12. The van der Waals surface area contributed by atoms with Gasteiger partial charge in [-0.05, 0) is 24.3 Å². The number of hydrogen-bond acceptors (Lipinski definition) is 5. The highest BCUT2D eigenvalue weighted by Crippen LogP contribution is 2.28. The Labute approximate surface area is 104 Å². The van der Waals surface area contributed by atoms with E-state index in [1.165, 1.54) is 0 Å². The molecular formula is C12H15N3OS. The molecule has 2 aromatic heterocycles. The molecule has 0 aliphatic heterocycles. The first-order valence-corrected chi connectivity index (χ1v) is 6.82. The zero-order valence-corrected chi connectivity index (χ0v) is 10.3. The van der Waals surface area contributed by atoms with Crippen LogP contribution in [-0.2, 0) is 0 Å². The molecule has 2 atom stereocenters. The van der Waals surface area contributed by atoms with Gasteiger partial charge in [-0.15, -0.1) is 11.3 Å². The van der Waals surface area contributed by atoms with Gasteiger partial charge in [0.25, 0.3) is 0 Å². The number of nitrogens with one attached hydrogen (secondary N) is 1. The first-order chi connectivity index (χ1) is 8.34. The smallest absolute Gasteiger partial charge is 0.147 e. The first-order valence-electron chi connectivity index (χ1n) is 5.95. The highest BCUT2D eigenvalue weighted by atomic mass is 32.1. The summed E-state index contributed by atoms with van der Waals surface area (Å²) in [4.78, 5) is 8.48. The van der Waals surface area contributed by atoms with Gasteiger partial charge in [0.1, 0.15) is 12.1 Å². The fourth-order valence-electron chi connectivity index (χ4n) is 2.40. The lowest BCUT2D eigenvalue weighted by molar-refractivity contribution is 0.138. The van der Waals surface area contributed by atoms with Crippen molar-refractivity contribution in [2.75, 3.05) is 11.9 Å². The summed E-state index contributed by atoms with van der Waals surface area (Å²) in [6.45, 7) is 0.797. The van der Waals surface area contributed by atoms with Crippen LogP contribution in [0.3, 0.4) is 0 Å². The van der Waals surface area contributed by atoms with Crippen molar-refractivity contribution in [3.63, 3.8) is 0 Å². The number of fused-ring (bicyclic) bond motifs is 1. The maximum absolute atomic E-state index is 9.77. The van der Waals surface area contributed by atoms with E-state index in [-0.39, 0.29) is 6.10 Å². The van der Waals surface area contributed by atoms with E-state index >= 15 is 0 Å². The lowest BCUT2D eigenvalue weighted by Gasteiger charge is -2.15. The zero-order chi connectivity index (χ0) is 11.7. The molecule has 2 aromatic rings. The van der Waals surface area contributed by atoms with Crippen molar-refractivity contribution in [1.82, 2.24) is 9.97 Å². The summed E-state index contributed by atoms with van der Waals surface area (Å²) in [6.07, 6.45) is 4.61. The second kappa shape index (κ2) is 4.58. The van der Waals surface area contributed by atoms with Crippen molar-refractivity contribution < 1.29 is 5.11 Å². The van der Waals surface area contributed by atoms with Gasteiger partial charge < -0.3 is 10.4 Å². The summed E-state index contributed by atoms with van der Waals surface area (Å²) in [5.74, 6) is 1.25. The third-order valence-corrected chi connectivity index (χ3v) is 4.30. The van der Waals surface area contributed by atoms with E-state index in [0.29, 0.717) is 5.92 Å². The first kappa shape index (κ1) is 10.9. The lowest BCUT2D eigenvalue weighted by Crippen LogP contribution is -2.22. The summed E-state index contributed by atoms with van der Waals surface area (Å²) in [5.41, 5.74) is 0.986. The number of aliphatic hydroxyl groups is 1. The molecular weight excluding hydrogens is 234 g/mol. The molecule has 90 valence electrons. The van der Waals surface area contributed by atoms with Gasteiger partial charge in [0.05, 0.1) is 16.3 Å². The number of aromatic nitrogens is 2. The van der Waals surface area contributed by atoms with Crippen molar-refractivity contribution in [1.29, 1.82) is 0 Å². The molecule has 0 aromatic carbocycles.